The number of carbonyl (C=O) groups is 4. The van der Waals surface area contributed by atoms with Gasteiger partial charge in [-0.2, -0.15) is 0 Å². The zero-order valence-electron chi connectivity index (χ0n) is 32.1. The van der Waals surface area contributed by atoms with Crippen molar-refractivity contribution in [2.45, 2.75) is 27.7 Å². The number of para-hydroxylation sites is 6. The van der Waals surface area contributed by atoms with Crippen molar-refractivity contribution >= 4 is 67.5 Å². The molecule has 2 heterocycles. The minimum Gasteiger partial charge on any atom is -0.512 e. The summed E-state index contributed by atoms with van der Waals surface area (Å²) in [5.41, 5.74) is 6.73. The second kappa shape index (κ2) is 23.1. The molecule has 0 atom stereocenters. The van der Waals surface area contributed by atoms with Crippen LogP contribution < -0.4 is 21.3 Å². The number of benzene rings is 4. The number of nitrogens with zero attached hydrogens (tertiary/aromatic N) is 4. The SMILES string of the molecule is CC(=O)/C=C(/C)O.CC(=O)/C=C(/C)O.O=C(NCCNCCNCCNC(=O)c1cccc2nc3ccccc3nc12)c1cccc2nc3ccccc3nc12.[Co+3]. The first-order valence-corrected chi connectivity index (χ1v) is 18.0. The van der Waals surface area contributed by atoms with Gasteiger partial charge in [-0.1, -0.05) is 36.4 Å². The van der Waals surface area contributed by atoms with Gasteiger partial charge in [0.25, 0.3) is 11.8 Å². The van der Waals surface area contributed by atoms with Crippen molar-refractivity contribution < 1.29 is 46.2 Å². The third kappa shape index (κ3) is 14.5. The van der Waals surface area contributed by atoms with Gasteiger partial charge >= 0.3 is 16.8 Å². The van der Waals surface area contributed by atoms with Crippen LogP contribution in [0.25, 0.3) is 44.1 Å². The normalized spacial score (nSPS) is 11.2. The summed E-state index contributed by atoms with van der Waals surface area (Å²) < 4.78 is 0. The zero-order chi connectivity index (χ0) is 40.5. The Morgan fingerprint density at radius 3 is 1.11 bits per heavy atom. The number of ketones is 2. The number of aromatic nitrogens is 4. The third-order valence-corrected chi connectivity index (χ3v) is 7.71. The second-order valence-corrected chi connectivity index (χ2v) is 12.6. The van der Waals surface area contributed by atoms with E-state index in [1.54, 1.807) is 12.1 Å². The smallest absolute Gasteiger partial charge is 0.512 e. The van der Waals surface area contributed by atoms with Crippen molar-refractivity contribution in [2.75, 3.05) is 39.3 Å². The van der Waals surface area contributed by atoms with E-state index in [0.717, 1.165) is 35.2 Å². The maximum atomic E-state index is 12.8. The molecule has 15 heteroatoms. The first kappa shape index (κ1) is 45.3. The molecule has 0 saturated heterocycles. The molecule has 14 nitrogen and oxygen atoms in total. The van der Waals surface area contributed by atoms with Gasteiger partial charge < -0.3 is 31.5 Å². The van der Waals surface area contributed by atoms with Crippen molar-refractivity contribution in [3.05, 3.63) is 120 Å². The number of carbonyl (C=O) groups excluding carboxylic acids is 4. The molecule has 0 aliphatic heterocycles. The molecule has 0 fully saturated rings. The molecular formula is C42H46CoN8O6+3. The van der Waals surface area contributed by atoms with Crippen LogP contribution in [-0.2, 0) is 26.4 Å². The van der Waals surface area contributed by atoms with Gasteiger partial charge in [0.2, 0.25) is 0 Å². The molecule has 6 aromatic rings. The Morgan fingerprint density at radius 1 is 0.474 bits per heavy atom. The average molecular weight is 818 g/mol. The first-order chi connectivity index (χ1) is 26.9. The Kier molecular flexibility index (Phi) is 18.3. The Labute approximate surface area is 340 Å². The fourth-order valence-corrected chi connectivity index (χ4v) is 5.39. The topological polar surface area (TPSA) is 208 Å². The summed E-state index contributed by atoms with van der Waals surface area (Å²) in [6.07, 6.45) is 2.33. The van der Waals surface area contributed by atoms with Crippen molar-refractivity contribution in [3.8, 4) is 0 Å². The van der Waals surface area contributed by atoms with Crippen LogP contribution in [0.15, 0.2) is 109 Å². The van der Waals surface area contributed by atoms with Crippen LogP contribution in [0.2, 0.25) is 0 Å². The monoisotopic (exact) mass is 817 g/mol. The van der Waals surface area contributed by atoms with E-state index in [0.29, 0.717) is 59.4 Å². The minimum absolute atomic E-state index is 0. The molecule has 6 rings (SSSR count). The van der Waals surface area contributed by atoms with Gasteiger partial charge in [-0.3, -0.25) is 19.2 Å². The summed E-state index contributed by atoms with van der Waals surface area (Å²) in [5, 5.41) is 29.2. The van der Waals surface area contributed by atoms with Crippen LogP contribution in [0.5, 0.6) is 0 Å². The van der Waals surface area contributed by atoms with E-state index in [4.69, 9.17) is 10.2 Å². The van der Waals surface area contributed by atoms with Crippen LogP contribution in [0.4, 0.5) is 0 Å². The fourth-order valence-electron chi connectivity index (χ4n) is 5.39. The quantitative estimate of drug-likeness (QED) is 0.0381. The Hall–Kier alpha value is -6.13. The number of fused-ring (bicyclic) bond motifs is 4. The Bertz CT molecular complexity index is 2230. The van der Waals surface area contributed by atoms with E-state index >= 15 is 0 Å². The molecule has 0 aliphatic carbocycles. The molecule has 0 saturated carbocycles. The molecule has 4 aromatic carbocycles. The average Bonchev–Trinajstić information content (AvgIpc) is 3.15. The van der Waals surface area contributed by atoms with Crippen molar-refractivity contribution in [2.24, 2.45) is 0 Å². The third-order valence-electron chi connectivity index (χ3n) is 7.71. The van der Waals surface area contributed by atoms with Gasteiger partial charge in [-0.15, -0.1) is 0 Å². The number of aliphatic hydroxyl groups excluding tert-OH is 2. The van der Waals surface area contributed by atoms with E-state index in [1.165, 1.54) is 39.8 Å². The van der Waals surface area contributed by atoms with E-state index in [9.17, 15) is 19.2 Å². The van der Waals surface area contributed by atoms with Gasteiger partial charge in [0, 0.05) is 51.4 Å². The molecular weight excluding hydrogens is 771 g/mol. The summed E-state index contributed by atoms with van der Waals surface area (Å²) in [5.74, 6) is -0.475. The number of hydrogen-bond donors (Lipinski definition) is 6. The van der Waals surface area contributed by atoms with Crippen molar-refractivity contribution in [3.63, 3.8) is 0 Å². The molecule has 0 unspecified atom stereocenters. The molecule has 2 amide bonds. The number of nitrogens with one attached hydrogen (secondary N) is 4. The second-order valence-electron chi connectivity index (χ2n) is 12.6. The van der Waals surface area contributed by atoms with Crippen LogP contribution in [0.3, 0.4) is 0 Å². The standard InChI is InChI=1S/C32H30N8O2.2C5H8O2.Co/c41-31(21-7-5-13-27-29(21)39-25-11-3-1-9-23(25)37-27)35-19-17-33-15-16-34-18-20-36-32(42)22-8-6-14-28-30(22)40-26-12-4-2-10-24(26)38-28;2*1-4(6)3-5(2)7;/h1-14,33-34H,15-20H2,(H,35,41)(H,36,42);2*3,6H,1-2H3;/q;;;+3/b;2*4-3-;. The first-order valence-electron chi connectivity index (χ1n) is 18.0. The van der Waals surface area contributed by atoms with E-state index in [1.807, 2.05) is 72.8 Å². The molecule has 0 spiro atoms. The van der Waals surface area contributed by atoms with Crippen molar-refractivity contribution in [1.82, 2.24) is 41.2 Å². The summed E-state index contributed by atoms with van der Waals surface area (Å²) in [6, 6.07) is 26.2. The summed E-state index contributed by atoms with van der Waals surface area (Å²) >= 11 is 0. The molecule has 57 heavy (non-hydrogen) atoms. The summed E-state index contributed by atoms with van der Waals surface area (Å²) in [7, 11) is 0. The maximum Gasteiger partial charge on any atom is 3.00 e. The van der Waals surface area contributed by atoms with Crippen LogP contribution in [0, 0.1) is 0 Å². The molecule has 296 valence electrons. The van der Waals surface area contributed by atoms with Gasteiger partial charge in [0.1, 0.15) is 11.0 Å². The fraction of sp³-hybridized carbons (Fsp3) is 0.238. The Morgan fingerprint density at radius 2 is 0.789 bits per heavy atom. The van der Waals surface area contributed by atoms with Crippen LogP contribution >= 0.6 is 0 Å². The Balaban J connectivity index is 0.000000498. The molecule has 2 aromatic heterocycles. The number of allylic oxidation sites excluding steroid dienone is 4. The minimum atomic E-state index is -0.175. The van der Waals surface area contributed by atoms with Gasteiger partial charge in [-0.05, 0) is 76.2 Å². The largest absolute Gasteiger partial charge is 3.00 e. The summed E-state index contributed by atoms with van der Waals surface area (Å²) in [6.45, 7) is 9.36. The zero-order valence-corrected chi connectivity index (χ0v) is 33.2. The van der Waals surface area contributed by atoms with Crippen molar-refractivity contribution in [1.29, 1.82) is 0 Å². The van der Waals surface area contributed by atoms with Crippen LogP contribution in [0.1, 0.15) is 48.4 Å². The number of rotatable bonds is 13. The van der Waals surface area contributed by atoms with Gasteiger partial charge in [-0.25, -0.2) is 19.9 Å². The predicted molar refractivity (Wildman–Crippen MR) is 219 cm³/mol. The van der Waals surface area contributed by atoms with E-state index in [-0.39, 0.29) is 51.7 Å². The van der Waals surface area contributed by atoms with E-state index < -0.39 is 0 Å². The molecule has 6 N–H and O–H groups in total. The number of hydrogen-bond acceptors (Lipinski definition) is 12. The predicted octanol–water partition coefficient (Wildman–Crippen LogP) is 5.29. The molecule has 0 radical (unpaired) electrons. The molecule has 0 bridgehead atoms. The van der Waals surface area contributed by atoms with E-state index in [2.05, 4.69) is 41.2 Å². The van der Waals surface area contributed by atoms with Gasteiger partial charge in [0.15, 0.2) is 11.6 Å². The number of aliphatic hydroxyl groups is 2. The maximum absolute atomic E-state index is 12.8. The van der Waals surface area contributed by atoms with Crippen LogP contribution in [-0.4, -0.2) is 92.8 Å². The molecule has 0 aliphatic rings. The summed E-state index contributed by atoms with van der Waals surface area (Å²) in [4.78, 5) is 64.3. The number of amides is 2. The van der Waals surface area contributed by atoms with Gasteiger partial charge in [0.05, 0.1) is 55.7 Å².